The van der Waals surface area contributed by atoms with Gasteiger partial charge >= 0.3 is 0 Å². The van der Waals surface area contributed by atoms with Gasteiger partial charge in [-0.25, -0.2) is 9.97 Å². The Bertz CT molecular complexity index is 1250. The van der Waals surface area contributed by atoms with Crippen molar-refractivity contribution in [3.05, 3.63) is 47.2 Å². The van der Waals surface area contributed by atoms with Crippen molar-refractivity contribution >= 4 is 49.9 Å². The van der Waals surface area contributed by atoms with Crippen LogP contribution in [-0.4, -0.2) is 47.5 Å². The van der Waals surface area contributed by atoms with Gasteiger partial charge in [0.1, 0.15) is 17.9 Å². The maximum Gasteiger partial charge on any atom is 0.300 e. The average Bonchev–Trinajstić information content (AvgIpc) is 2.84. The molecule has 1 amide bonds. The molecular weight excluding hydrogens is 506 g/mol. The van der Waals surface area contributed by atoms with Crippen LogP contribution < -0.4 is 15.4 Å². The maximum absolute atomic E-state index is 12.3. The molecule has 8 heteroatoms. The molecule has 0 aliphatic carbocycles. The number of rotatable bonds is 8. The van der Waals surface area contributed by atoms with Crippen molar-refractivity contribution in [1.29, 1.82) is 0 Å². The third-order valence-electron chi connectivity index (χ3n) is 6.16. The number of piperidine rings is 1. The molecule has 1 saturated heterocycles. The molecule has 0 spiro atoms. The van der Waals surface area contributed by atoms with Crippen molar-refractivity contribution in [1.82, 2.24) is 14.9 Å². The van der Waals surface area contributed by atoms with E-state index in [9.17, 15) is 4.79 Å². The summed E-state index contributed by atoms with van der Waals surface area (Å²) in [6.07, 6.45) is 6.12. The zero-order valence-corrected chi connectivity index (χ0v) is 21.7. The predicted molar refractivity (Wildman–Crippen MR) is 144 cm³/mol. The van der Waals surface area contributed by atoms with Crippen molar-refractivity contribution in [2.75, 3.05) is 37.4 Å². The highest BCUT2D eigenvalue weighted by Crippen LogP contribution is 2.34. The molecule has 1 aliphatic heterocycles. The molecule has 0 saturated carbocycles. The summed E-state index contributed by atoms with van der Waals surface area (Å²) >= 11 is 3.49. The van der Waals surface area contributed by atoms with Gasteiger partial charge in [0, 0.05) is 21.6 Å². The van der Waals surface area contributed by atoms with Gasteiger partial charge in [0.2, 0.25) is 0 Å². The minimum absolute atomic E-state index is 0.388. The fourth-order valence-electron chi connectivity index (χ4n) is 4.28. The van der Waals surface area contributed by atoms with Crippen LogP contribution in [0.5, 0.6) is 5.75 Å². The Hall–Kier alpha value is -3.15. The van der Waals surface area contributed by atoms with E-state index in [0.29, 0.717) is 23.9 Å². The number of halogens is 1. The van der Waals surface area contributed by atoms with Gasteiger partial charge in [-0.05, 0) is 88.8 Å². The lowest BCUT2D eigenvalue weighted by Crippen LogP contribution is -2.30. The van der Waals surface area contributed by atoms with E-state index < -0.39 is 0 Å². The first-order chi connectivity index (χ1) is 17.0. The number of aromatic nitrogens is 2. The number of likely N-dealkylation sites (tertiary alicyclic amines) is 1. The van der Waals surface area contributed by atoms with Crippen molar-refractivity contribution in [2.24, 2.45) is 5.92 Å². The Balaban J connectivity index is 1.54. The van der Waals surface area contributed by atoms with Crippen LogP contribution in [0, 0.1) is 17.8 Å². The molecule has 35 heavy (non-hydrogen) atoms. The third-order valence-corrected chi connectivity index (χ3v) is 6.66. The maximum atomic E-state index is 12.3. The fraction of sp³-hybridized carbons (Fsp3) is 0.370. The normalized spacial score (nSPS) is 14.3. The molecule has 2 heterocycles. The Kier molecular flexibility index (Phi) is 8.56. The highest BCUT2D eigenvalue weighted by Gasteiger charge is 2.17. The molecule has 0 bridgehead atoms. The van der Waals surface area contributed by atoms with E-state index in [4.69, 9.17) is 4.74 Å². The Morgan fingerprint density at radius 1 is 1.23 bits per heavy atom. The van der Waals surface area contributed by atoms with E-state index in [1.807, 2.05) is 36.4 Å². The molecule has 0 unspecified atom stereocenters. The van der Waals surface area contributed by atoms with Crippen LogP contribution in [0.2, 0.25) is 0 Å². The van der Waals surface area contributed by atoms with Crippen molar-refractivity contribution in [3.8, 4) is 17.6 Å². The standard InChI is InChI=1S/C27H30BrN5O2/c1-3-6-26(34)32-24-16-22-23(29-18-30-27(22)31-21-9-4-8-20(28)15-21)17-25(24)35-14-5-7-19-10-12-33(2)13-11-19/h4,8-9,15-19H,5,7,10-14H2,1-2H3,(H,32,34)(H,29,30,31). The third kappa shape index (κ3) is 6.93. The topological polar surface area (TPSA) is 79.4 Å². The van der Waals surface area contributed by atoms with Crippen molar-refractivity contribution < 1.29 is 9.53 Å². The van der Waals surface area contributed by atoms with Crippen LogP contribution in [-0.2, 0) is 4.79 Å². The van der Waals surface area contributed by atoms with Crippen LogP contribution in [0.4, 0.5) is 17.2 Å². The van der Waals surface area contributed by atoms with Crippen molar-refractivity contribution in [3.63, 3.8) is 0 Å². The minimum atomic E-state index is -0.388. The second-order valence-electron chi connectivity index (χ2n) is 8.79. The zero-order valence-electron chi connectivity index (χ0n) is 20.1. The van der Waals surface area contributed by atoms with E-state index in [1.54, 1.807) is 6.92 Å². The largest absolute Gasteiger partial charge is 0.491 e. The summed E-state index contributed by atoms with van der Waals surface area (Å²) in [5, 5.41) is 6.97. The van der Waals surface area contributed by atoms with E-state index in [2.05, 4.69) is 60.3 Å². The number of fused-ring (bicyclic) bond motifs is 1. The van der Waals surface area contributed by atoms with Crippen LogP contribution in [0.3, 0.4) is 0 Å². The van der Waals surface area contributed by atoms with Gasteiger partial charge < -0.3 is 20.3 Å². The summed E-state index contributed by atoms with van der Waals surface area (Å²) in [7, 11) is 2.18. The summed E-state index contributed by atoms with van der Waals surface area (Å²) in [4.78, 5) is 23.5. The van der Waals surface area contributed by atoms with Crippen LogP contribution >= 0.6 is 15.9 Å². The molecule has 3 aromatic rings. The van der Waals surface area contributed by atoms with E-state index in [0.717, 1.165) is 39.8 Å². The monoisotopic (exact) mass is 535 g/mol. The lowest BCUT2D eigenvalue weighted by Gasteiger charge is -2.28. The highest BCUT2D eigenvalue weighted by molar-refractivity contribution is 9.10. The number of carbonyl (C=O) groups is 1. The first kappa shape index (κ1) is 25.0. The minimum Gasteiger partial charge on any atom is -0.491 e. The Morgan fingerprint density at radius 2 is 2.06 bits per heavy atom. The number of benzene rings is 2. The molecule has 1 aliphatic rings. The second-order valence-corrected chi connectivity index (χ2v) is 9.71. The number of ether oxygens (including phenoxy) is 1. The number of carbonyl (C=O) groups excluding carboxylic acids is 1. The van der Waals surface area contributed by atoms with Gasteiger partial charge in [-0.15, -0.1) is 0 Å². The summed E-state index contributed by atoms with van der Waals surface area (Å²) in [6.45, 7) is 4.55. The number of nitrogens with one attached hydrogen (secondary N) is 2. The summed E-state index contributed by atoms with van der Waals surface area (Å²) in [6, 6.07) is 11.5. The van der Waals surface area contributed by atoms with Gasteiger partial charge in [-0.1, -0.05) is 27.9 Å². The van der Waals surface area contributed by atoms with Gasteiger partial charge in [0.05, 0.1) is 17.8 Å². The van der Waals surface area contributed by atoms with Gasteiger partial charge in [-0.2, -0.15) is 0 Å². The number of nitrogens with zero attached hydrogens (tertiary/aromatic N) is 3. The zero-order chi connectivity index (χ0) is 24.6. The fourth-order valence-corrected chi connectivity index (χ4v) is 4.67. The molecule has 7 nitrogen and oxygen atoms in total. The van der Waals surface area contributed by atoms with Gasteiger partial charge in [0.25, 0.3) is 5.91 Å². The summed E-state index contributed by atoms with van der Waals surface area (Å²) < 4.78 is 7.11. The van der Waals surface area contributed by atoms with E-state index in [-0.39, 0.29) is 5.91 Å². The quantitative estimate of drug-likeness (QED) is 0.288. The number of hydrogen-bond acceptors (Lipinski definition) is 6. The first-order valence-corrected chi connectivity index (χ1v) is 12.7. The molecule has 4 rings (SSSR count). The Morgan fingerprint density at radius 3 is 2.83 bits per heavy atom. The number of hydrogen-bond donors (Lipinski definition) is 2. The summed E-state index contributed by atoms with van der Waals surface area (Å²) in [5.41, 5.74) is 2.16. The van der Waals surface area contributed by atoms with Gasteiger partial charge in [-0.3, -0.25) is 4.79 Å². The van der Waals surface area contributed by atoms with E-state index in [1.165, 1.54) is 32.3 Å². The van der Waals surface area contributed by atoms with Gasteiger partial charge in [0.15, 0.2) is 0 Å². The highest BCUT2D eigenvalue weighted by atomic mass is 79.9. The molecule has 0 atom stereocenters. The van der Waals surface area contributed by atoms with Crippen molar-refractivity contribution in [2.45, 2.75) is 32.6 Å². The number of amides is 1. The van der Waals surface area contributed by atoms with E-state index >= 15 is 0 Å². The molecular formula is C27H30BrN5O2. The molecule has 2 N–H and O–H groups in total. The SMILES string of the molecule is CC#CC(=O)Nc1cc2c(Nc3cccc(Br)c3)ncnc2cc1OCCCC1CCN(C)CC1. The number of anilines is 3. The lowest BCUT2D eigenvalue weighted by molar-refractivity contribution is -0.111. The molecule has 182 valence electrons. The second kappa shape index (κ2) is 12.0. The summed E-state index contributed by atoms with van der Waals surface area (Å²) in [5.74, 6) is 6.76. The predicted octanol–water partition coefficient (Wildman–Crippen LogP) is 5.60. The molecule has 2 aromatic carbocycles. The van der Waals surface area contributed by atoms with Crippen LogP contribution in [0.1, 0.15) is 32.6 Å². The Labute approximate surface area is 214 Å². The van der Waals surface area contributed by atoms with Crippen LogP contribution in [0.15, 0.2) is 47.2 Å². The lowest BCUT2D eigenvalue weighted by atomic mass is 9.93. The molecule has 1 aromatic heterocycles. The molecule has 0 radical (unpaired) electrons. The first-order valence-electron chi connectivity index (χ1n) is 11.9. The average molecular weight is 536 g/mol. The smallest absolute Gasteiger partial charge is 0.300 e. The molecule has 1 fully saturated rings. The van der Waals surface area contributed by atoms with Crippen LogP contribution in [0.25, 0.3) is 10.9 Å².